The SMILES string of the molecule is CCn1c(SCC(=O)NC2CCSc3ccc(F)cc32)nc2ccccc21. The lowest BCUT2D eigenvalue weighted by Crippen LogP contribution is -2.32. The maximum atomic E-state index is 13.6. The van der Waals surface area contributed by atoms with Gasteiger partial charge in [0.15, 0.2) is 5.16 Å². The van der Waals surface area contributed by atoms with Gasteiger partial charge in [-0.15, -0.1) is 11.8 Å². The van der Waals surface area contributed by atoms with Crippen molar-refractivity contribution in [1.29, 1.82) is 0 Å². The maximum Gasteiger partial charge on any atom is 0.230 e. The minimum atomic E-state index is -0.262. The van der Waals surface area contributed by atoms with Crippen molar-refractivity contribution >= 4 is 40.5 Å². The number of benzene rings is 2. The number of rotatable bonds is 5. The fourth-order valence-electron chi connectivity index (χ4n) is 3.35. The maximum absolute atomic E-state index is 13.6. The third-order valence-corrected chi connectivity index (χ3v) is 6.71. The molecule has 1 atom stereocenters. The van der Waals surface area contributed by atoms with E-state index in [2.05, 4.69) is 21.8 Å². The Morgan fingerprint density at radius 1 is 1.37 bits per heavy atom. The van der Waals surface area contributed by atoms with E-state index in [1.807, 2.05) is 24.3 Å². The van der Waals surface area contributed by atoms with Gasteiger partial charge >= 0.3 is 0 Å². The van der Waals surface area contributed by atoms with Gasteiger partial charge in [-0.25, -0.2) is 9.37 Å². The summed E-state index contributed by atoms with van der Waals surface area (Å²) >= 11 is 3.15. The van der Waals surface area contributed by atoms with E-state index in [0.29, 0.717) is 0 Å². The second-order valence-corrected chi connectivity index (χ2v) is 8.43. The van der Waals surface area contributed by atoms with Crippen LogP contribution in [0.25, 0.3) is 11.0 Å². The highest BCUT2D eigenvalue weighted by Crippen LogP contribution is 2.36. The summed E-state index contributed by atoms with van der Waals surface area (Å²) in [4.78, 5) is 18.2. The van der Waals surface area contributed by atoms with Crippen LogP contribution in [0.5, 0.6) is 0 Å². The summed E-state index contributed by atoms with van der Waals surface area (Å²) < 4.78 is 15.7. The number of para-hydroxylation sites is 2. The van der Waals surface area contributed by atoms with Crippen LogP contribution in [0.15, 0.2) is 52.5 Å². The molecule has 4 nitrogen and oxygen atoms in total. The molecule has 1 aromatic heterocycles. The van der Waals surface area contributed by atoms with Gasteiger partial charge in [0.1, 0.15) is 5.82 Å². The number of carbonyl (C=O) groups is 1. The molecule has 3 aromatic rings. The van der Waals surface area contributed by atoms with Gasteiger partial charge in [-0.2, -0.15) is 0 Å². The number of nitrogens with zero attached hydrogens (tertiary/aromatic N) is 2. The van der Waals surface area contributed by atoms with Gasteiger partial charge in [0.2, 0.25) is 5.91 Å². The van der Waals surface area contributed by atoms with E-state index in [1.165, 1.54) is 23.9 Å². The molecule has 1 aliphatic heterocycles. The first-order valence-electron chi connectivity index (χ1n) is 8.95. The Morgan fingerprint density at radius 2 is 2.22 bits per heavy atom. The molecule has 7 heteroatoms. The van der Waals surface area contributed by atoms with Crippen molar-refractivity contribution in [3.63, 3.8) is 0 Å². The van der Waals surface area contributed by atoms with Gasteiger partial charge in [-0.1, -0.05) is 23.9 Å². The zero-order valence-electron chi connectivity index (χ0n) is 14.9. The molecule has 140 valence electrons. The predicted octanol–water partition coefficient (Wildman–Crippen LogP) is 4.64. The average molecular weight is 402 g/mol. The summed E-state index contributed by atoms with van der Waals surface area (Å²) in [5, 5.41) is 3.91. The number of aryl methyl sites for hydroxylation is 1. The van der Waals surface area contributed by atoms with Crippen LogP contribution in [-0.2, 0) is 11.3 Å². The first kappa shape index (κ1) is 18.4. The van der Waals surface area contributed by atoms with Crippen LogP contribution in [0.4, 0.5) is 4.39 Å². The predicted molar refractivity (Wildman–Crippen MR) is 109 cm³/mol. The zero-order chi connectivity index (χ0) is 18.8. The number of hydrogen-bond donors (Lipinski definition) is 1. The molecule has 1 N–H and O–H groups in total. The second-order valence-electron chi connectivity index (χ2n) is 6.36. The highest BCUT2D eigenvalue weighted by atomic mass is 32.2. The third kappa shape index (κ3) is 3.84. The summed E-state index contributed by atoms with van der Waals surface area (Å²) in [5.74, 6) is 0.892. The average Bonchev–Trinajstić information content (AvgIpc) is 3.04. The number of amides is 1. The molecule has 0 aliphatic carbocycles. The molecule has 1 unspecified atom stereocenters. The van der Waals surface area contributed by atoms with Crippen molar-refractivity contribution in [2.75, 3.05) is 11.5 Å². The quantitative estimate of drug-likeness (QED) is 0.633. The molecule has 1 amide bonds. The smallest absolute Gasteiger partial charge is 0.230 e. The first-order chi connectivity index (χ1) is 13.2. The van der Waals surface area contributed by atoms with Gasteiger partial charge in [0, 0.05) is 17.2 Å². The van der Waals surface area contributed by atoms with Crippen LogP contribution in [0, 0.1) is 5.82 Å². The summed E-state index contributed by atoms with van der Waals surface area (Å²) in [6.45, 7) is 2.88. The molecule has 0 saturated carbocycles. The lowest BCUT2D eigenvalue weighted by Gasteiger charge is -2.26. The largest absolute Gasteiger partial charge is 0.348 e. The molecule has 0 saturated heterocycles. The van der Waals surface area contributed by atoms with Crippen LogP contribution in [0.3, 0.4) is 0 Å². The van der Waals surface area contributed by atoms with E-state index >= 15 is 0 Å². The van der Waals surface area contributed by atoms with Gasteiger partial charge in [-0.3, -0.25) is 4.79 Å². The van der Waals surface area contributed by atoms with Crippen molar-refractivity contribution < 1.29 is 9.18 Å². The van der Waals surface area contributed by atoms with E-state index in [4.69, 9.17) is 0 Å². The Balaban J connectivity index is 1.45. The Morgan fingerprint density at radius 3 is 3.07 bits per heavy atom. The number of halogens is 1. The van der Waals surface area contributed by atoms with Gasteiger partial charge < -0.3 is 9.88 Å². The first-order valence-corrected chi connectivity index (χ1v) is 10.9. The van der Waals surface area contributed by atoms with Crippen molar-refractivity contribution in [3.05, 3.63) is 53.8 Å². The molecule has 2 aromatic carbocycles. The van der Waals surface area contributed by atoms with Crippen LogP contribution < -0.4 is 5.32 Å². The molecule has 0 radical (unpaired) electrons. The zero-order valence-corrected chi connectivity index (χ0v) is 16.6. The fraction of sp³-hybridized carbons (Fsp3) is 0.300. The van der Waals surface area contributed by atoms with E-state index in [0.717, 1.165) is 45.4 Å². The minimum absolute atomic E-state index is 0.0539. The lowest BCUT2D eigenvalue weighted by atomic mass is 10.0. The van der Waals surface area contributed by atoms with Crippen LogP contribution >= 0.6 is 23.5 Å². The summed E-state index contributed by atoms with van der Waals surface area (Å²) in [7, 11) is 0. The van der Waals surface area contributed by atoms with Crippen molar-refractivity contribution in [1.82, 2.24) is 14.9 Å². The molecule has 27 heavy (non-hydrogen) atoms. The number of aromatic nitrogens is 2. The highest BCUT2D eigenvalue weighted by molar-refractivity contribution is 7.99. The number of carbonyl (C=O) groups excluding carboxylic acids is 1. The fourth-order valence-corrected chi connectivity index (χ4v) is 5.35. The molecule has 2 heterocycles. The van der Waals surface area contributed by atoms with E-state index in [9.17, 15) is 9.18 Å². The van der Waals surface area contributed by atoms with Crippen LogP contribution in [0.1, 0.15) is 24.9 Å². The lowest BCUT2D eigenvalue weighted by molar-refractivity contribution is -0.119. The van der Waals surface area contributed by atoms with E-state index in [1.54, 1.807) is 17.8 Å². The topological polar surface area (TPSA) is 46.9 Å². The van der Waals surface area contributed by atoms with Gasteiger partial charge in [0.05, 0.1) is 22.8 Å². The Bertz CT molecular complexity index is 989. The summed E-state index contributed by atoms with van der Waals surface area (Å²) in [6, 6.07) is 12.7. The van der Waals surface area contributed by atoms with Crippen molar-refractivity contribution in [2.24, 2.45) is 0 Å². The van der Waals surface area contributed by atoms with Crippen LogP contribution in [-0.4, -0.2) is 27.0 Å². The molecule has 1 aliphatic rings. The number of imidazole rings is 1. The summed E-state index contributed by atoms with van der Waals surface area (Å²) in [6.07, 6.45) is 0.811. The molecule has 4 rings (SSSR count). The van der Waals surface area contributed by atoms with Gasteiger partial charge in [-0.05, 0) is 49.2 Å². The van der Waals surface area contributed by atoms with Crippen molar-refractivity contribution in [2.45, 2.75) is 36.0 Å². The Kier molecular flexibility index (Phi) is 5.41. The van der Waals surface area contributed by atoms with Crippen molar-refractivity contribution in [3.8, 4) is 0 Å². The number of fused-ring (bicyclic) bond motifs is 2. The molecule has 0 spiro atoms. The normalized spacial score (nSPS) is 16.3. The number of nitrogens with one attached hydrogen (secondary N) is 1. The standard InChI is InChI=1S/C20H20FN3OS2/c1-2-24-17-6-4-3-5-16(17)23-20(24)27-12-19(25)22-15-9-10-26-18-8-7-13(21)11-14(15)18/h3-8,11,15H,2,9-10,12H2,1H3,(H,22,25). The minimum Gasteiger partial charge on any atom is -0.348 e. The molecule has 0 bridgehead atoms. The second kappa shape index (κ2) is 7.94. The highest BCUT2D eigenvalue weighted by Gasteiger charge is 2.23. The molecular weight excluding hydrogens is 381 g/mol. The number of hydrogen-bond acceptors (Lipinski definition) is 4. The third-order valence-electron chi connectivity index (χ3n) is 4.61. The van der Waals surface area contributed by atoms with Crippen LogP contribution in [0.2, 0.25) is 0 Å². The monoisotopic (exact) mass is 401 g/mol. The molecule has 0 fully saturated rings. The Labute approximate surface area is 165 Å². The number of thioether (sulfide) groups is 2. The Hall–Kier alpha value is -1.99. The molecular formula is C20H20FN3OS2. The van der Waals surface area contributed by atoms with E-state index in [-0.39, 0.29) is 23.5 Å². The van der Waals surface area contributed by atoms with Gasteiger partial charge in [0.25, 0.3) is 0 Å². The summed E-state index contributed by atoms with van der Waals surface area (Å²) in [5.41, 5.74) is 2.90. The van der Waals surface area contributed by atoms with E-state index < -0.39 is 0 Å².